The molecule has 0 aliphatic heterocycles. The van der Waals surface area contributed by atoms with Crippen LogP contribution in [0.3, 0.4) is 0 Å². The van der Waals surface area contributed by atoms with Crippen molar-refractivity contribution in [2.45, 2.75) is 4.90 Å². The van der Waals surface area contributed by atoms with E-state index in [1.165, 1.54) is 6.07 Å². The van der Waals surface area contributed by atoms with Crippen molar-refractivity contribution >= 4 is 18.6 Å². The molecule has 1 aromatic carbocycles. The molecule has 0 aliphatic carbocycles. The second-order valence-electron chi connectivity index (χ2n) is 1.82. The Morgan fingerprint density at radius 1 is 1.36 bits per heavy atom. The van der Waals surface area contributed by atoms with E-state index in [0.717, 1.165) is 0 Å². The SMILES string of the molecule is O=C(O)c1ccccc1S.[Zn]. The van der Waals surface area contributed by atoms with Crippen LogP contribution in [0.5, 0.6) is 0 Å². The fourth-order valence-electron chi connectivity index (χ4n) is 0.654. The third-order valence-electron chi connectivity index (χ3n) is 1.13. The van der Waals surface area contributed by atoms with Gasteiger partial charge in [-0.05, 0) is 12.1 Å². The van der Waals surface area contributed by atoms with E-state index in [1.54, 1.807) is 18.2 Å². The summed E-state index contributed by atoms with van der Waals surface area (Å²) in [6.45, 7) is 0. The quantitative estimate of drug-likeness (QED) is 0.557. The molecule has 0 spiro atoms. The number of thiol groups is 1. The number of benzene rings is 1. The third kappa shape index (κ3) is 2.64. The molecule has 4 heteroatoms. The van der Waals surface area contributed by atoms with E-state index in [0.29, 0.717) is 4.90 Å². The molecule has 0 saturated heterocycles. The maximum atomic E-state index is 10.4. The molecule has 0 unspecified atom stereocenters. The minimum Gasteiger partial charge on any atom is -0.478 e. The second-order valence-corrected chi connectivity index (χ2v) is 2.30. The molecular formula is C7H6O2SZn. The van der Waals surface area contributed by atoms with Gasteiger partial charge in [0.05, 0.1) is 5.56 Å². The first-order chi connectivity index (χ1) is 4.72. The van der Waals surface area contributed by atoms with Crippen LogP contribution in [0, 0.1) is 0 Å². The number of hydrogen-bond acceptors (Lipinski definition) is 2. The third-order valence-corrected chi connectivity index (χ3v) is 1.52. The Kier molecular flexibility index (Phi) is 4.38. The maximum absolute atomic E-state index is 10.4. The van der Waals surface area contributed by atoms with Crippen LogP contribution in [0.1, 0.15) is 10.4 Å². The predicted octanol–water partition coefficient (Wildman–Crippen LogP) is 1.67. The number of carboxylic acid groups (broad SMARTS) is 1. The summed E-state index contributed by atoms with van der Waals surface area (Å²) in [5, 5.41) is 8.52. The van der Waals surface area contributed by atoms with E-state index >= 15 is 0 Å². The van der Waals surface area contributed by atoms with Gasteiger partial charge in [-0.3, -0.25) is 0 Å². The molecule has 1 rings (SSSR count). The molecule has 0 aromatic heterocycles. The fourth-order valence-corrected chi connectivity index (χ4v) is 0.911. The van der Waals surface area contributed by atoms with Gasteiger partial charge in [-0.1, -0.05) is 12.1 Å². The van der Waals surface area contributed by atoms with E-state index in [4.69, 9.17) is 5.11 Å². The van der Waals surface area contributed by atoms with E-state index in [2.05, 4.69) is 12.6 Å². The molecule has 2 nitrogen and oxygen atoms in total. The average molecular weight is 220 g/mol. The Balaban J connectivity index is 0.000001000. The molecule has 0 fully saturated rings. The molecule has 0 bridgehead atoms. The molecular weight excluding hydrogens is 214 g/mol. The van der Waals surface area contributed by atoms with Gasteiger partial charge in [0.2, 0.25) is 0 Å². The van der Waals surface area contributed by atoms with Gasteiger partial charge in [0, 0.05) is 24.4 Å². The number of rotatable bonds is 1. The van der Waals surface area contributed by atoms with Crippen molar-refractivity contribution in [3.05, 3.63) is 29.8 Å². The second kappa shape index (κ2) is 4.52. The standard InChI is InChI=1S/C7H6O2S.Zn/c8-7(9)5-3-1-2-4-6(5)10;/h1-4,10H,(H,8,9);. The first-order valence-corrected chi connectivity index (χ1v) is 3.18. The minimum absolute atomic E-state index is 0. The van der Waals surface area contributed by atoms with Gasteiger partial charge in [-0.25, -0.2) is 4.79 Å². The van der Waals surface area contributed by atoms with Crippen LogP contribution < -0.4 is 0 Å². The minimum atomic E-state index is -0.939. The van der Waals surface area contributed by atoms with Gasteiger partial charge in [-0.15, -0.1) is 12.6 Å². The average Bonchev–Trinajstić information content (AvgIpc) is 1.88. The summed E-state index contributed by atoms with van der Waals surface area (Å²) < 4.78 is 0. The van der Waals surface area contributed by atoms with Gasteiger partial charge in [-0.2, -0.15) is 0 Å². The molecule has 0 atom stereocenters. The topological polar surface area (TPSA) is 37.3 Å². The van der Waals surface area contributed by atoms with E-state index in [1.807, 2.05) is 0 Å². The smallest absolute Gasteiger partial charge is 0.336 e. The summed E-state index contributed by atoms with van der Waals surface area (Å²) in [5.41, 5.74) is 0.242. The van der Waals surface area contributed by atoms with Gasteiger partial charge in [0.1, 0.15) is 0 Å². The molecule has 0 heterocycles. The van der Waals surface area contributed by atoms with Gasteiger partial charge in [0.25, 0.3) is 0 Å². The van der Waals surface area contributed by atoms with Crippen molar-refractivity contribution in [1.82, 2.24) is 0 Å². The fraction of sp³-hybridized carbons (Fsp3) is 0. The zero-order chi connectivity index (χ0) is 7.56. The largest absolute Gasteiger partial charge is 0.478 e. The monoisotopic (exact) mass is 218 g/mol. The van der Waals surface area contributed by atoms with Crippen LogP contribution in [0.15, 0.2) is 29.2 Å². The van der Waals surface area contributed by atoms with E-state index in [-0.39, 0.29) is 25.0 Å². The van der Waals surface area contributed by atoms with Crippen LogP contribution in [0.2, 0.25) is 0 Å². The van der Waals surface area contributed by atoms with Crippen LogP contribution in [0.4, 0.5) is 0 Å². The van der Waals surface area contributed by atoms with Crippen molar-refractivity contribution in [2.24, 2.45) is 0 Å². The Morgan fingerprint density at radius 2 is 1.91 bits per heavy atom. The number of carboxylic acids is 1. The van der Waals surface area contributed by atoms with Gasteiger partial charge >= 0.3 is 5.97 Å². The molecule has 11 heavy (non-hydrogen) atoms. The summed E-state index contributed by atoms with van der Waals surface area (Å²) in [7, 11) is 0. The molecule has 0 saturated carbocycles. The van der Waals surface area contributed by atoms with E-state index in [9.17, 15) is 4.79 Å². The molecule has 0 amide bonds. The summed E-state index contributed by atoms with van der Waals surface area (Å²) in [6.07, 6.45) is 0. The van der Waals surface area contributed by atoms with Crippen molar-refractivity contribution in [2.75, 3.05) is 0 Å². The number of aromatic carboxylic acids is 1. The summed E-state index contributed by atoms with van der Waals surface area (Å²) in [4.78, 5) is 10.9. The maximum Gasteiger partial charge on any atom is 0.336 e. The molecule has 0 radical (unpaired) electrons. The van der Waals surface area contributed by atoms with Crippen LogP contribution >= 0.6 is 12.6 Å². The van der Waals surface area contributed by atoms with Crippen molar-refractivity contribution < 1.29 is 29.4 Å². The van der Waals surface area contributed by atoms with Crippen LogP contribution in [-0.4, -0.2) is 11.1 Å². The van der Waals surface area contributed by atoms with Gasteiger partial charge in [0.15, 0.2) is 0 Å². The summed E-state index contributed by atoms with van der Waals surface area (Å²) >= 11 is 3.96. The molecule has 1 N–H and O–H groups in total. The molecule has 0 aliphatic rings. The molecule has 1 aromatic rings. The van der Waals surface area contributed by atoms with Crippen molar-refractivity contribution in [1.29, 1.82) is 0 Å². The number of carbonyl (C=O) groups is 1. The Morgan fingerprint density at radius 3 is 2.27 bits per heavy atom. The first kappa shape index (κ1) is 10.7. The molecule has 54 valence electrons. The predicted molar refractivity (Wildman–Crippen MR) is 40.7 cm³/mol. The van der Waals surface area contributed by atoms with Crippen LogP contribution in [-0.2, 0) is 19.5 Å². The van der Waals surface area contributed by atoms with E-state index < -0.39 is 5.97 Å². The Hall–Kier alpha value is -0.337. The zero-order valence-electron chi connectivity index (χ0n) is 5.82. The summed E-state index contributed by atoms with van der Waals surface area (Å²) in [5.74, 6) is -0.939. The first-order valence-electron chi connectivity index (χ1n) is 2.73. The Labute approximate surface area is 82.8 Å². The normalized spacial score (nSPS) is 8.45. The number of hydrogen-bond donors (Lipinski definition) is 2. The van der Waals surface area contributed by atoms with Gasteiger partial charge < -0.3 is 5.11 Å². The zero-order valence-corrected chi connectivity index (χ0v) is 9.68. The van der Waals surface area contributed by atoms with Crippen LogP contribution in [0.25, 0.3) is 0 Å². The summed E-state index contributed by atoms with van der Waals surface area (Å²) in [6, 6.07) is 6.58. The van der Waals surface area contributed by atoms with Crippen molar-refractivity contribution in [3.63, 3.8) is 0 Å². The Bertz CT molecular complexity index is 262. The van der Waals surface area contributed by atoms with Crippen molar-refractivity contribution in [3.8, 4) is 0 Å².